The molecule has 0 atom stereocenters. The molecule has 0 unspecified atom stereocenters. The summed E-state index contributed by atoms with van der Waals surface area (Å²) in [6.07, 6.45) is 0.996. The second-order valence-corrected chi connectivity index (χ2v) is 7.69. The smallest absolute Gasteiger partial charge is 0.151 e. The normalized spacial score (nSPS) is 11.5. The molecule has 140 valence electrons. The van der Waals surface area contributed by atoms with Crippen molar-refractivity contribution in [2.24, 2.45) is 0 Å². The summed E-state index contributed by atoms with van der Waals surface area (Å²) in [5.41, 5.74) is 3.18. The molecule has 0 saturated heterocycles. The Labute approximate surface area is 174 Å². The van der Waals surface area contributed by atoms with Crippen molar-refractivity contribution in [1.82, 2.24) is 0 Å². The fraction of sp³-hybridized carbons (Fsp3) is 0. The van der Waals surface area contributed by atoms with Crippen LogP contribution >= 0.6 is 0 Å². The molecule has 0 aliphatic heterocycles. The molecule has 0 heterocycles. The molecule has 0 bridgehead atoms. The summed E-state index contributed by atoms with van der Waals surface area (Å²) in [6.45, 7) is 0. The van der Waals surface area contributed by atoms with Crippen LogP contribution in [0.25, 0.3) is 54.2 Å². The van der Waals surface area contributed by atoms with Crippen LogP contribution in [0.2, 0.25) is 0 Å². The highest BCUT2D eigenvalue weighted by molar-refractivity contribution is 6.26. The van der Waals surface area contributed by atoms with Gasteiger partial charge in [0.05, 0.1) is 0 Å². The number of hydrogen-bond acceptors (Lipinski definition) is 1. The van der Waals surface area contributed by atoms with E-state index in [1.165, 1.54) is 32.7 Å². The Hall–Kier alpha value is -3.97. The van der Waals surface area contributed by atoms with Gasteiger partial charge in [0, 0.05) is 5.56 Å². The predicted octanol–water partition coefficient (Wildman–Crippen LogP) is 7.78. The van der Waals surface area contributed by atoms with Crippen LogP contribution in [0, 0.1) is 0 Å². The summed E-state index contributed by atoms with van der Waals surface area (Å²) in [4.78, 5) is 12.1. The van der Waals surface area contributed by atoms with E-state index in [0.717, 1.165) is 33.4 Å². The van der Waals surface area contributed by atoms with Crippen molar-refractivity contribution in [2.75, 3.05) is 0 Å². The van der Waals surface area contributed by atoms with Crippen molar-refractivity contribution < 1.29 is 4.79 Å². The van der Waals surface area contributed by atoms with Gasteiger partial charge in [-0.15, -0.1) is 0 Å². The third kappa shape index (κ3) is 2.33. The van der Waals surface area contributed by atoms with Gasteiger partial charge in [-0.1, -0.05) is 97.1 Å². The van der Waals surface area contributed by atoms with E-state index in [1.54, 1.807) is 0 Å². The van der Waals surface area contributed by atoms with Crippen LogP contribution in [0.4, 0.5) is 0 Å². The van der Waals surface area contributed by atoms with Crippen LogP contribution in [-0.2, 0) is 0 Å². The number of rotatable bonds is 2. The SMILES string of the molecule is O=Cc1c2ccccc2c(-c2c3ccccc3cc3ccccc23)c2ccccc12. The Morgan fingerprint density at radius 2 is 0.800 bits per heavy atom. The number of carbonyl (C=O) groups is 1. The largest absolute Gasteiger partial charge is 0.298 e. The molecule has 0 saturated carbocycles. The first-order valence-electron chi connectivity index (χ1n) is 10.2. The molecule has 0 fully saturated rings. The third-order valence-corrected chi connectivity index (χ3v) is 6.11. The maximum atomic E-state index is 12.1. The van der Waals surface area contributed by atoms with Crippen molar-refractivity contribution in [3.8, 4) is 11.1 Å². The van der Waals surface area contributed by atoms with Gasteiger partial charge in [-0.05, 0) is 60.3 Å². The number of hydrogen-bond donors (Lipinski definition) is 0. The molecule has 6 aromatic rings. The van der Waals surface area contributed by atoms with E-state index in [0.29, 0.717) is 0 Å². The average Bonchev–Trinajstić information content (AvgIpc) is 2.81. The minimum atomic E-state index is 0.759. The Morgan fingerprint density at radius 3 is 1.27 bits per heavy atom. The van der Waals surface area contributed by atoms with Gasteiger partial charge in [0.15, 0.2) is 6.29 Å². The van der Waals surface area contributed by atoms with Gasteiger partial charge in [-0.3, -0.25) is 4.79 Å². The molecule has 0 aromatic heterocycles. The van der Waals surface area contributed by atoms with Crippen LogP contribution in [-0.4, -0.2) is 6.29 Å². The van der Waals surface area contributed by atoms with Crippen LogP contribution in [0.1, 0.15) is 10.4 Å². The topological polar surface area (TPSA) is 17.1 Å². The summed E-state index contributed by atoms with van der Waals surface area (Å²) in [5.74, 6) is 0. The van der Waals surface area contributed by atoms with Gasteiger partial charge >= 0.3 is 0 Å². The van der Waals surface area contributed by atoms with Crippen LogP contribution in [0.5, 0.6) is 0 Å². The zero-order chi connectivity index (χ0) is 20.1. The fourth-order valence-electron chi connectivity index (χ4n) is 4.84. The molecule has 6 aromatic carbocycles. The van der Waals surface area contributed by atoms with Crippen LogP contribution in [0.3, 0.4) is 0 Å². The van der Waals surface area contributed by atoms with Crippen molar-refractivity contribution in [3.05, 3.63) is 109 Å². The van der Waals surface area contributed by atoms with E-state index in [1.807, 2.05) is 12.1 Å². The zero-order valence-corrected chi connectivity index (χ0v) is 16.3. The maximum Gasteiger partial charge on any atom is 0.151 e. The third-order valence-electron chi connectivity index (χ3n) is 6.11. The Morgan fingerprint density at radius 1 is 0.433 bits per heavy atom. The summed E-state index contributed by atoms with van der Waals surface area (Å²) in [6, 6.07) is 35.9. The molecule has 0 aliphatic rings. The van der Waals surface area contributed by atoms with E-state index in [9.17, 15) is 4.79 Å². The molecule has 0 aliphatic carbocycles. The molecule has 1 heteroatoms. The van der Waals surface area contributed by atoms with Gasteiger partial charge in [0.2, 0.25) is 0 Å². The highest BCUT2D eigenvalue weighted by Gasteiger charge is 2.18. The van der Waals surface area contributed by atoms with Crippen LogP contribution < -0.4 is 0 Å². The predicted molar refractivity (Wildman–Crippen MR) is 127 cm³/mol. The van der Waals surface area contributed by atoms with Crippen molar-refractivity contribution in [2.45, 2.75) is 0 Å². The average molecular weight is 382 g/mol. The standard InChI is InChI=1S/C29H18O/c30-18-27-23-13-5-7-15-25(23)29(26-16-8-6-14-24(26)27)28-21-11-3-1-9-19(21)17-20-10-2-4-12-22(20)28/h1-18H. The highest BCUT2D eigenvalue weighted by Crippen LogP contribution is 2.44. The Balaban J connectivity index is 1.96. The first-order valence-corrected chi connectivity index (χ1v) is 10.2. The summed E-state index contributed by atoms with van der Waals surface area (Å²) < 4.78 is 0. The van der Waals surface area contributed by atoms with Gasteiger partial charge in [0.25, 0.3) is 0 Å². The Kier molecular flexibility index (Phi) is 3.69. The molecule has 0 N–H and O–H groups in total. The Bertz CT molecular complexity index is 1500. The highest BCUT2D eigenvalue weighted by atomic mass is 16.1. The van der Waals surface area contributed by atoms with Gasteiger partial charge in [-0.2, -0.15) is 0 Å². The van der Waals surface area contributed by atoms with Gasteiger partial charge in [0.1, 0.15) is 0 Å². The second kappa shape index (κ2) is 6.53. The van der Waals surface area contributed by atoms with E-state index in [-0.39, 0.29) is 0 Å². The molecule has 30 heavy (non-hydrogen) atoms. The molecule has 1 nitrogen and oxygen atoms in total. The summed E-state index contributed by atoms with van der Waals surface area (Å²) >= 11 is 0. The molecule has 0 radical (unpaired) electrons. The quantitative estimate of drug-likeness (QED) is 0.221. The van der Waals surface area contributed by atoms with Crippen molar-refractivity contribution in [3.63, 3.8) is 0 Å². The van der Waals surface area contributed by atoms with Gasteiger partial charge in [-0.25, -0.2) is 0 Å². The lowest BCUT2D eigenvalue weighted by Crippen LogP contribution is -1.93. The van der Waals surface area contributed by atoms with Crippen molar-refractivity contribution >= 4 is 49.4 Å². The van der Waals surface area contributed by atoms with E-state index >= 15 is 0 Å². The molecule has 6 rings (SSSR count). The fourth-order valence-corrected chi connectivity index (χ4v) is 4.84. The van der Waals surface area contributed by atoms with Crippen molar-refractivity contribution in [1.29, 1.82) is 0 Å². The second-order valence-electron chi connectivity index (χ2n) is 7.69. The number of aldehydes is 1. The van der Waals surface area contributed by atoms with E-state index < -0.39 is 0 Å². The molecular weight excluding hydrogens is 364 g/mol. The molecule has 0 amide bonds. The lowest BCUT2D eigenvalue weighted by molar-refractivity contribution is 0.112. The maximum absolute atomic E-state index is 12.1. The van der Waals surface area contributed by atoms with Gasteiger partial charge < -0.3 is 0 Å². The number of fused-ring (bicyclic) bond motifs is 4. The first-order chi connectivity index (χ1) is 14.9. The van der Waals surface area contributed by atoms with E-state index in [4.69, 9.17) is 0 Å². The molecular formula is C29H18O. The lowest BCUT2D eigenvalue weighted by Gasteiger charge is -2.18. The summed E-state index contributed by atoms with van der Waals surface area (Å²) in [7, 11) is 0. The number of benzene rings is 6. The zero-order valence-electron chi connectivity index (χ0n) is 16.3. The van der Waals surface area contributed by atoms with Crippen LogP contribution in [0.15, 0.2) is 103 Å². The first kappa shape index (κ1) is 16.9. The summed E-state index contributed by atoms with van der Waals surface area (Å²) in [5, 5.41) is 9.12. The van der Waals surface area contributed by atoms with E-state index in [2.05, 4.69) is 91.0 Å². The minimum Gasteiger partial charge on any atom is -0.298 e. The molecule has 0 spiro atoms. The lowest BCUT2D eigenvalue weighted by atomic mass is 9.84. The monoisotopic (exact) mass is 382 g/mol. The minimum absolute atomic E-state index is 0.759. The number of carbonyl (C=O) groups excluding carboxylic acids is 1.